The summed E-state index contributed by atoms with van der Waals surface area (Å²) in [4.78, 5) is 2.04. The summed E-state index contributed by atoms with van der Waals surface area (Å²) in [5.41, 5.74) is 0. The molecule has 0 aromatic rings. The molecule has 0 fully saturated rings. The molecular formula is C13H31N3O3S. The Balaban J connectivity index is 3.59. The second kappa shape index (κ2) is 12.5. The number of rotatable bonds is 14. The molecule has 0 spiro atoms. The fraction of sp³-hybridized carbons (Fsp3) is 1.00. The molecule has 0 heterocycles. The van der Waals surface area contributed by atoms with E-state index in [0.29, 0.717) is 26.1 Å². The largest absolute Gasteiger partial charge is 0.383 e. The first-order chi connectivity index (χ1) is 9.52. The molecule has 0 aliphatic carbocycles. The van der Waals surface area contributed by atoms with Crippen LogP contribution in [0.5, 0.6) is 0 Å². The summed E-state index contributed by atoms with van der Waals surface area (Å²) in [5.74, 6) is 0.211. The molecule has 0 radical (unpaired) electrons. The predicted molar refractivity (Wildman–Crippen MR) is 83.6 cm³/mol. The molecule has 0 bridgehead atoms. The first kappa shape index (κ1) is 19.8. The summed E-state index contributed by atoms with van der Waals surface area (Å²) in [6.07, 6.45) is 2.71. The quantitative estimate of drug-likeness (QED) is 0.451. The molecule has 0 saturated heterocycles. The van der Waals surface area contributed by atoms with Crippen LogP contribution in [-0.2, 0) is 14.8 Å². The van der Waals surface area contributed by atoms with Gasteiger partial charge in [-0.15, -0.1) is 0 Å². The minimum absolute atomic E-state index is 0.211. The zero-order valence-electron chi connectivity index (χ0n) is 13.2. The Morgan fingerprint density at radius 1 is 1.10 bits per heavy atom. The minimum atomic E-state index is -3.13. The third-order valence-corrected chi connectivity index (χ3v) is 4.41. The van der Waals surface area contributed by atoms with Crippen LogP contribution in [-0.4, -0.2) is 72.6 Å². The number of nitrogens with one attached hydrogen (secondary N) is 2. The van der Waals surface area contributed by atoms with Gasteiger partial charge >= 0.3 is 0 Å². The Bertz CT molecular complexity index is 310. The maximum absolute atomic E-state index is 11.7. The second-order valence-electron chi connectivity index (χ2n) is 4.97. The lowest BCUT2D eigenvalue weighted by Crippen LogP contribution is -2.35. The van der Waals surface area contributed by atoms with Crippen LogP contribution < -0.4 is 10.0 Å². The second-order valence-corrected chi connectivity index (χ2v) is 6.89. The van der Waals surface area contributed by atoms with Crippen LogP contribution in [0.3, 0.4) is 0 Å². The van der Waals surface area contributed by atoms with Crippen LogP contribution in [0.2, 0.25) is 0 Å². The molecule has 0 aliphatic heterocycles. The molecule has 20 heavy (non-hydrogen) atoms. The number of sulfonamides is 1. The third-order valence-electron chi connectivity index (χ3n) is 2.94. The number of likely N-dealkylation sites (N-methyl/N-ethyl adjacent to an activating group) is 1. The van der Waals surface area contributed by atoms with E-state index in [1.807, 2.05) is 11.9 Å². The number of hydrogen-bond acceptors (Lipinski definition) is 5. The average molecular weight is 309 g/mol. The molecular weight excluding hydrogens is 278 g/mol. The smallest absolute Gasteiger partial charge is 0.211 e. The van der Waals surface area contributed by atoms with Crippen molar-refractivity contribution in [3.63, 3.8) is 0 Å². The number of methoxy groups -OCH3 is 1. The van der Waals surface area contributed by atoms with E-state index in [1.165, 1.54) is 0 Å². The maximum atomic E-state index is 11.7. The van der Waals surface area contributed by atoms with Gasteiger partial charge in [-0.25, -0.2) is 13.1 Å². The van der Waals surface area contributed by atoms with Crippen molar-refractivity contribution in [2.24, 2.45) is 0 Å². The van der Waals surface area contributed by atoms with Crippen LogP contribution in [0.15, 0.2) is 0 Å². The van der Waals surface area contributed by atoms with E-state index in [4.69, 9.17) is 4.74 Å². The Labute approximate surface area is 124 Å². The standard InChI is InChI=1S/C13H31N3O3S/c1-4-7-14-8-5-6-13-20(17,18)15-9-10-16(2)11-12-19-3/h14-15H,4-13H2,1-3H3. The van der Waals surface area contributed by atoms with Crippen LogP contribution in [0.1, 0.15) is 26.2 Å². The molecule has 0 aliphatic rings. The van der Waals surface area contributed by atoms with Gasteiger partial charge in [0.25, 0.3) is 0 Å². The summed E-state index contributed by atoms with van der Waals surface area (Å²) in [6, 6.07) is 0. The van der Waals surface area contributed by atoms with Crippen LogP contribution in [0.4, 0.5) is 0 Å². The van der Waals surface area contributed by atoms with E-state index in [-0.39, 0.29) is 5.75 Å². The molecule has 0 aromatic carbocycles. The average Bonchev–Trinajstić information content (AvgIpc) is 2.40. The van der Waals surface area contributed by atoms with Gasteiger partial charge < -0.3 is 15.0 Å². The van der Waals surface area contributed by atoms with Crippen LogP contribution >= 0.6 is 0 Å². The molecule has 0 saturated carbocycles. The lowest BCUT2D eigenvalue weighted by molar-refractivity contribution is 0.162. The molecule has 0 unspecified atom stereocenters. The molecule has 0 amide bonds. The highest BCUT2D eigenvalue weighted by molar-refractivity contribution is 7.89. The molecule has 0 atom stereocenters. The Hall–Kier alpha value is -0.210. The van der Waals surface area contributed by atoms with Crippen molar-refractivity contribution in [1.82, 2.24) is 14.9 Å². The van der Waals surface area contributed by atoms with Gasteiger partial charge in [-0.1, -0.05) is 6.92 Å². The Kier molecular flexibility index (Phi) is 12.4. The highest BCUT2D eigenvalue weighted by Gasteiger charge is 2.09. The van der Waals surface area contributed by atoms with Gasteiger partial charge in [-0.2, -0.15) is 0 Å². The van der Waals surface area contributed by atoms with Gasteiger partial charge in [0.1, 0.15) is 0 Å². The van der Waals surface area contributed by atoms with Crippen molar-refractivity contribution in [3.8, 4) is 0 Å². The molecule has 0 aromatic heterocycles. The van der Waals surface area contributed by atoms with Gasteiger partial charge in [0.2, 0.25) is 10.0 Å². The summed E-state index contributed by atoms with van der Waals surface area (Å²) < 4.78 is 31.1. The molecule has 0 rings (SSSR count). The van der Waals surface area contributed by atoms with Crippen molar-refractivity contribution in [2.75, 3.05) is 59.2 Å². The normalized spacial score (nSPS) is 12.2. The van der Waals surface area contributed by atoms with Crippen molar-refractivity contribution < 1.29 is 13.2 Å². The van der Waals surface area contributed by atoms with Gasteiger partial charge in [0.15, 0.2) is 0 Å². The zero-order chi connectivity index (χ0) is 15.3. The monoisotopic (exact) mass is 309 g/mol. The van der Waals surface area contributed by atoms with E-state index in [2.05, 4.69) is 17.0 Å². The summed E-state index contributed by atoms with van der Waals surface area (Å²) >= 11 is 0. The van der Waals surface area contributed by atoms with E-state index >= 15 is 0 Å². The number of ether oxygens (including phenoxy) is 1. The lowest BCUT2D eigenvalue weighted by Gasteiger charge is -2.16. The highest BCUT2D eigenvalue weighted by Crippen LogP contribution is 1.94. The number of unbranched alkanes of at least 4 members (excludes halogenated alkanes) is 1. The fourth-order valence-electron chi connectivity index (χ4n) is 1.67. The van der Waals surface area contributed by atoms with Gasteiger partial charge in [-0.3, -0.25) is 0 Å². The molecule has 2 N–H and O–H groups in total. The van der Waals surface area contributed by atoms with E-state index in [1.54, 1.807) is 7.11 Å². The predicted octanol–water partition coefficient (Wildman–Crippen LogP) is 0.264. The summed E-state index contributed by atoms with van der Waals surface area (Å²) in [7, 11) is 0.484. The van der Waals surface area contributed by atoms with Crippen LogP contribution in [0.25, 0.3) is 0 Å². The lowest BCUT2D eigenvalue weighted by atomic mass is 10.3. The van der Waals surface area contributed by atoms with Crippen LogP contribution in [0, 0.1) is 0 Å². The first-order valence-corrected chi connectivity index (χ1v) is 9.02. The van der Waals surface area contributed by atoms with E-state index in [9.17, 15) is 8.42 Å². The van der Waals surface area contributed by atoms with Crippen molar-refractivity contribution in [1.29, 1.82) is 0 Å². The highest BCUT2D eigenvalue weighted by atomic mass is 32.2. The number of hydrogen-bond donors (Lipinski definition) is 2. The number of nitrogens with zero attached hydrogens (tertiary/aromatic N) is 1. The first-order valence-electron chi connectivity index (χ1n) is 7.37. The zero-order valence-corrected chi connectivity index (χ0v) is 14.0. The fourth-order valence-corrected chi connectivity index (χ4v) is 2.80. The topological polar surface area (TPSA) is 70.7 Å². The Morgan fingerprint density at radius 2 is 1.85 bits per heavy atom. The Morgan fingerprint density at radius 3 is 2.50 bits per heavy atom. The summed E-state index contributed by atoms with van der Waals surface area (Å²) in [6.45, 7) is 6.62. The molecule has 122 valence electrons. The summed E-state index contributed by atoms with van der Waals surface area (Å²) in [5, 5.41) is 3.27. The minimum Gasteiger partial charge on any atom is -0.383 e. The van der Waals surface area contributed by atoms with Gasteiger partial charge in [0, 0.05) is 26.7 Å². The maximum Gasteiger partial charge on any atom is 0.211 e. The van der Waals surface area contributed by atoms with E-state index < -0.39 is 10.0 Å². The van der Waals surface area contributed by atoms with E-state index in [0.717, 1.165) is 32.5 Å². The SMILES string of the molecule is CCCNCCCCS(=O)(=O)NCCN(C)CCOC. The van der Waals surface area contributed by atoms with Crippen molar-refractivity contribution in [3.05, 3.63) is 0 Å². The molecule has 6 nitrogen and oxygen atoms in total. The van der Waals surface area contributed by atoms with Gasteiger partial charge in [0.05, 0.1) is 12.4 Å². The molecule has 7 heteroatoms. The third kappa shape index (κ3) is 12.8. The van der Waals surface area contributed by atoms with Gasteiger partial charge in [-0.05, 0) is 39.4 Å². The van der Waals surface area contributed by atoms with Crippen molar-refractivity contribution in [2.45, 2.75) is 26.2 Å². The van der Waals surface area contributed by atoms with Crippen molar-refractivity contribution >= 4 is 10.0 Å².